The van der Waals surface area contributed by atoms with Gasteiger partial charge in [-0.2, -0.15) is 0 Å². The zero-order valence-corrected chi connectivity index (χ0v) is 12.8. The van der Waals surface area contributed by atoms with Crippen molar-refractivity contribution in [2.24, 2.45) is 0 Å². The molecule has 0 aromatic heterocycles. The average molecular weight is 287 g/mol. The van der Waals surface area contributed by atoms with Crippen molar-refractivity contribution in [3.05, 3.63) is 34.9 Å². The van der Waals surface area contributed by atoms with Gasteiger partial charge in [-0.15, -0.1) is 0 Å². The summed E-state index contributed by atoms with van der Waals surface area (Å²) < 4.78 is 5.63. The Kier molecular flexibility index (Phi) is 4.66. The minimum Gasteiger partial charge on any atom is -0.384 e. The molecule has 0 saturated carbocycles. The summed E-state index contributed by atoms with van der Waals surface area (Å²) in [5.74, 6) is 5.50. The first kappa shape index (κ1) is 15.6. The summed E-state index contributed by atoms with van der Waals surface area (Å²) in [6.07, 6.45) is 0. The molecular formula is C17H21NO3. The minimum atomic E-state index is -0.307. The van der Waals surface area contributed by atoms with Crippen LogP contribution in [0.2, 0.25) is 0 Å². The molecule has 0 atom stereocenters. The van der Waals surface area contributed by atoms with Crippen LogP contribution in [-0.4, -0.2) is 47.8 Å². The Balaban J connectivity index is 2.23. The van der Waals surface area contributed by atoms with Gasteiger partial charge in [-0.3, -0.25) is 4.79 Å². The highest BCUT2D eigenvalue weighted by Crippen LogP contribution is 2.19. The molecule has 2 rings (SSSR count). The second kappa shape index (κ2) is 6.30. The van der Waals surface area contributed by atoms with E-state index in [1.165, 1.54) is 0 Å². The molecule has 0 aliphatic carbocycles. The van der Waals surface area contributed by atoms with E-state index in [0.29, 0.717) is 25.3 Å². The lowest BCUT2D eigenvalue weighted by Gasteiger charge is -2.38. The fourth-order valence-electron chi connectivity index (χ4n) is 2.40. The number of aliphatic hydroxyl groups excluding tert-OH is 1. The summed E-state index contributed by atoms with van der Waals surface area (Å²) in [4.78, 5) is 14.4. The number of nitrogens with zero attached hydrogens (tertiary/aromatic N) is 1. The highest BCUT2D eigenvalue weighted by atomic mass is 16.5. The Morgan fingerprint density at radius 2 is 2.24 bits per heavy atom. The molecule has 1 saturated heterocycles. The van der Waals surface area contributed by atoms with Gasteiger partial charge in [-0.25, -0.2) is 0 Å². The molecule has 0 radical (unpaired) electrons. The molecule has 0 bridgehead atoms. The molecule has 1 aliphatic rings. The number of hydrogen-bond donors (Lipinski definition) is 1. The Labute approximate surface area is 125 Å². The number of carbonyl (C=O) groups is 1. The molecule has 4 nitrogen and oxygen atoms in total. The van der Waals surface area contributed by atoms with E-state index in [2.05, 4.69) is 11.8 Å². The maximum Gasteiger partial charge on any atom is 0.254 e. The maximum atomic E-state index is 12.6. The van der Waals surface area contributed by atoms with Crippen LogP contribution in [0.15, 0.2) is 18.2 Å². The quantitative estimate of drug-likeness (QED) is 0.798. The summed E-state index contributed by atoms with van der Waals surface area (Å²) in [6.45, 7) is 7.47. The van der Waals surface area contributed by atoms with Crippen molar-refractivity contribution in [2.45, 2.75) is 26.4 Å². The third-order valence-corrected chi connectivity index (χ3v) is 3.50. The largest absolute Gasteiger partial charge is 0.384 e. The van der Waals surface area contributed by atoms with Crippen molar-refractivity contribution in [2.75, 3.05) is 26.3 Å². The second-order valence-electron chi connectivity index (χ2n) is 5.82. The van der Waals surface area contributed by atoms with E-state index in [0.717, 1.165) is 11.1 Å². The molecule has 1 aromatic carbocycles. The van der Waals surface area contributed by atoms with Gasteiger partial charge in [0.25, 0.3) is 5.91 Å². The Bertz CT molecular complexity index is 596. The van der Waals surface area contributed by atoms with Crippen LogP contribution < -0.4 is 0 Å². The fourth-order valence-corrected chi connectivity index (χ4v) is 2.40. The van der Waals surface area contributed by atoms with Gasteiger partial charge in [0.05, 0.1) is 12.2 Å². The van der Waals surface area contributed by atoms with Crippen LogP contribution in [0.4, 0.5) is 0 Å². The van der Waals surface area contributed by atoms with Crippen LogP contribution in [0.5, 0.6) is 0 Å². The zero-order valence-electron chi connectivity index (χ0n) is 12.8. The summed E-state index contributed by atoms with van der Waals surface area (Å²) in [7, 11) is 0. The molecular weight excluding hydrogens is 266 g/mol. The van der Waals surface area contributed by atoms with E-state index in [1.54, 1.807) is 6.07 Å². The third-order valence-electron chi connectivity index (χ3n) is 3.50. The first-order chi connectivity index (χ1) is 9.93. The van der Waals surface area contributed by atoms with Gasteiger partial charge in [0, 0.05) is 24.2 Å². The highest BCUT2D eigenvalue weighted by Gasteiger charge is 2.30. The number of ether oxygens (including phenoxy) is 1. The molecule has 1 heterocycles. The Morgan fingerprint density at radius 3 is 2.90 bits per heavy atom. The molecule has 1 amide bonds. The Hall–Kier alpha value is -1.83. The molecule has 0 spiro atoms. The van der Waals surface area contributed by atoms with Gasteiger partial charge >= 0.3 is 0 Å². The maximum absolute atomic E-state index is 12.6. The normalized spacial score (nSPS) is 17.0. The minimum absolute atomic E-state index is 0.00146. The van der Waals surface area contributed by atoms with Crippen molar-refractivity contribution in [3.8, 4) is 11.8 Å². The van der Waals surface area contributed by atoms with E-state index in [4.69, 9.17) is 9.84 Å². The Morgan fingerprint density at radius 1 is 1.48 bits per heavy atom. The average Bonchev–Trinajstić information content (AvgIpc) is 2.44. The number of hydrogen-bond acceptors (Lipinski definition) is 3. The summed E-state index contributed by atoms with van der Waals surface area (Å²) >= 11 is 0. The number of morpholine rings is 1. The third kappa shape index (κ3) is 3.84. The number of aryl methyl sites for hydroxylation is 1. The van der Waals surface area contributed by atoms with Gasteiger partial charge in [0.2, 0.25) is 0 Å². The van der Waals surface area contributed by atoms with Gasteiger partial charge in [0.1, 0.15) is 6.61 Å². The first-order valence-electron chi connectivity index (χ1n) is 7.06. The monoisotopic (exact) mass is 287 g/mol. The molecule has 112 valence electrons. The smallest absolute Gasteiger partial charge is 0.254 e. The predicted molar refractivity (Wildman–Crippen MR) is 81.1 cm³/mol. The van der Waals surface area contributed by atoms with Crippen molar-refractivity contribution in [1.29, 1.82) is 0 Å². The fraction of sp³-hybridized carbons (Fsp3) is 0.471. The molecule has 1 aliphatic heterocycles. The molecule has 1 N–H and O–H groups in total. The number of aliphatic hydroxyl groups is 1. The summed E-state index contributed by atoms with van der Waals surface area (Å²) in [5, 5.41) is 8.80. The van der Waals surface area contributed by atoms with Crippen molar-refractivity contribution >= 4 is 5.91 Å². The second-order valence-corrected chi connectivity index (χ2v) is 5.82. The lowest BCUT2D eigenvalue weighted by atomic mass is 10.0. The first-order valence-corrected chi connectivity index (χ1v) is 7.06. The number of rotatable bonds is 1. The number of carbonyl (C=O) groups excluding carboxylic acids is 1. The van der Waals surface area contributed by atoms with E-state index < -0.39 is 0 Å². The highest BCUT2D eigenvalue weighted by molar-refractivity contribution is 5.94. The summed E-state index contributed by atoms with van der Waals surface area (Å²) in [5.41, 5.74) is 2.09. The van der Waals surface area contributed by atoms with Crippen LogP contribution in [0, 0.1) is 18.8 Å². The van der Waals surface area contributed by atoms with Crippen molar-refractivity contribution in [1.82, 2.24) is 4.90 Å². The van der Waals surface area contributed by atoms with Crippen LogP contribution in [0.1, 0.15) is 35.3 Å². The standard InChI is InChI=1S/C17H21NO3/c1-13-6-7-15(11-14(13)5-4-9-19)16(20)18-8-10-21-17(2,3)12-18/h6-7,11,19H,8-10,12H2,1-3H3. The number of amides is 1. The van der Waals surface area contributed by atoms with Crippen LogP contribution in [-0.2, 0) is 4.74 Å². The summed E-state index contributed by atoms with van der Waals surface area (Å²) in [6, 6.07) is 5.51. The van der Waals surface area contributed by atoms with Gasteiger partial charge in [-0.1, -0.05) is 17.9 Å². The molecule has 1 aromatic rings. The molecule has 1 fully saturated rings. The molecule has 21 heavy (non-hydrogen) atoms. The van der Waals surface area contributed by atoms with Crippen molar-refractivity contribution in [3.63, 3.8) is 0 Å². The lowest BCUT2D eigenvalue weighted by molar-refractivity contribution is -0.0764. The topological polar surface area (TPSA) is 49.8 Å². The van der Waals surface area contributed by atoms with E-state index in [1.807, 2.05) is 37.8 Å². The number of benzene rings is 1. The zero-order chi connectivity index (χ0) is 15.5. The lowest BCUT2D eigenvalue weighted by Crippen LogP contribution is -2.50. The van der Waals surface area contributed by atoms with Gasteiger partial charge < -0.3 is 14.7 Å². The predicted octanol–water partition coefficient (Wildman–Crippen LogP) is 1.59. The van der Waals surface area contributed by atoms with Crippen molar-refractivity contribution < 1.29 is 14.6 Å². The molecule has 4 heteroatoms. The van der Waals surface area contributed by atoms with Gasteiger partial charge in [0.15, 0.2) is 0 Å². The van der Waals surface area contributed by atoms with E-state index in [-0.39, 0.29) is 18.1 Å². The van der Waals surface area contributed by atoms with Crippen LogP contribution in [0.25, 0.3) is 0 Å². The van der Waals surface area contributed by atoms with Crippen LogP contribution in [0.3, 0.4) is 0 Å². The van der Waals surface area contributed by atoms with Gasteiger partial charge in [-0.05, 0) is 38.5 Å². The molecule has 0 unspecified atom stereocenters. The van der Waals surface area contributed by atoms with E-state index >= 15 is 0 Å². The van der Waals surface area contributed by atoms with E-state index in [9.17, 15) is 4.79 Å². The SMILES string of the molecule is Cc1ccc(C(=O)N2CCOC(C)(C)C2)cc1C#CCO. The van der Waals surface area contributed by atoms with Crippen LogP contribution >= 0.6 is 0 Å².